The molecule has 11 heavy (non-hydrogen) atoms. The van der Waals surface area contributed by atoms with Crippen LogP contribution in [0.3, 0.4) is 0 Å². The Balaban J connectivity index is 0. The fraction of sp³-hybridized carbons (Fsp3) is 0. The minimum atomic E-state index is -5.02. The van der Waals surface area contributed by atoms with Gasteiger partial charge in [-0.25, -0.2) is 0 Å². The van der Waals surface area contributed by atoms with Crippen LogP contribution in [0.2, 0.25) is 0 Å². The van der Waals surface area contributed by atoms with Crippen molar-refractivity contribution < 1.29 is 34.6 Å². The SMILES string of the molecule is Cl.O=S(=O)(O)OOS(=O)(=O)O. The zero-order chi connectivity index (χ0) is 8.41. The average molecular weight is 231 g/mol. The largest absolute Gasteiger partial charge is 0.425 e. The van der Waals surface area contributed by atoms with E-state index >= 15 is 0 Å². The van der Waals surface area contributed by atoms with E-state index in [9.17, 15) is 16.8 Å². The average Bonchev–Trinajstić information content (AvgIpc) is 1.57. The summed E-state index contributed by atoms with van der Waals surface area (Å²) in [6, 6.07) is 0. The van der Waals surface area contributed by atoms with Crippen molar-refractivity contribution in [1.29, 1.82) is 0 Å². The highest BCUT2D eigenvalue weighted by Crippen LogP contribution is 1.92. The molecular weight excluding hydrogens is 228 g/mol. The molecule has 0 aromatic rings. The summed E-state index contributed by atoms with van der Waals surface area (Å²) in [6.07, 6.45) is 0. The van der Waals surface area contributed by atoms with Gasteiger partial charge in [-0.1, -0.05) is 8.67 Å². The number of halogens is 1. The van der Waals surface area contributed by atoms with Gasteiger partial charge in [0.1, 0.15) is 0 Å². The third-order valence-electron chi connectivity index (χ3n) is 0.200. The van der Waals surface area contributed by atoms with Crippen LogP contribution < -0.4 is 0 Å². The molecule has 0 radical (unpaired) electrons. The maximum Gasteiger partial charge on any atom is 0.425 e. The van der Waals surface area contributed by atoms with Crippen molar-refractivity contribution in [1.82, 2.24) is 0 Å². The summed E-state index contributed by atoms with van der Waals surface area (Å²) in [4.78, 5) is 0. The first kappa shape index (κ1) is 13.6. The van der Waals surface area contributed by atoms with Crippen LogP contribution in [0.15, 0.2) is 0 Å². The Hall–Kier alpha value is 0.0300. The highest BCUT2D eigenvalue weighted by atomic mass is 35.5. The van der Waals surface area contributed by atoms with Gasteiger partial charge in [0.2, 0.25) is 0 Å². The van der Waals surface area contributed by atoms with Crippen LogP contribution in [-0.4, -0.2) is 25.9 Å². The van der Waals surface area contributed by atoms with Crippen LogP contribution in [0.4, 0.5) is 0 Å². The molecule has 0 heterocycles. The second kappa shape index (κ2) is 4.15. The third kappa shape index (κ3) is 13.1. The predicted octanol–water partition coefficient (Wildman–Crippen LogP) is -1.04. The maximum atomic E-state index is 9.51. The van der Waals surface area contributed by atoms with Gasteiger partial charge >= 0.3 is 20.8 Å². The number of hydrogen-bond acceptors (Lipinski definition) is 6. The summed E-state index contributed by atoms with van der Waals surface area (Å²) in [5, 5.41) is 0. The molecule has 0 aliphatic rings. The van der Waals surface area contributed by atoms with Gasteiger partial charge in [-0.15, -0.1) is 12.4 Å². The summed E-state index contributed by atoms with van der Waals surface area (Å²) in [6.45, 7) is 0. The van der Waals surface area contributed by atoms with E-state index in [0.29, 0.717) is 0 Å². The zero-order valence-electron chi connectivity index (χ0n) is 4.57. The van der Waals surface area contributed by atoms with E-state index in [-0.39, 0.29) is 12.4 Å². The zero-order valence-corrected chi connectivity index (χ0v) is 7.02. The summed E-state index contributed by atoms with van der Waals surface area (Å²) >= 11 is 0. The predicted molar refractivity (Wildman–Crippen MR) is 32.5 cm³/mol. The van der Waals surface area contributed by atoms with Gasteiger partial charge in [0, 0.05) is 0 Å². The first-order chi connectivity index (χ1) is 4.21. The number of hydrogen-bond donors (Lipinski definition) is 2. The molecule has 0 rings (SSSR count). The van der Waals surface area contributed by atoms with Crippen molar-refractivity contribution in [3.05, 3.63) is 0 Å². The smallest absolute Gasteiger partial charge is 0.262 e. The van der Waals surface area contributed by atoms with E-state index in [2.05, 4.69) is 8.67 Å². The Morgan fingerprint density at radius 3 is 1.09 bits per heavy atom. The standard InChI is InChI=1S/ClH.H2O8S2/c;1-9(2,3)7-8-10(4,5)6/h1H;(H,1,2,3)(H,4,5,6). The first-order valence-corrected chi connectivity index (χ1v) is 4.26. The lowest BCUT2D eigenvalue weighted by Gasteiger charge is -1.92. The molecule has 0 saturated carbocycles. The topological polar surface area (TPSA) is 127 Å². The first-order valence-electron chi connectivity index (χ1n) is 1.53. The van der Waals surface area contributed by atoms with E-state index < -0.39 is 20.8 Å². The minimum Gasteiger partial charge on any atom is -0.262 e. The Labute approximate surface area is 68.4 Å². The van der Waals surface area contributed by atoms with Gasteiger partial charge in [0.15, 0.2) is 0 Å². The second-order valence-electron chi connectivity index (χ2n) is 0.992. The van der Waals surface area contributed by atoms with Gasteiger partial charge in [-0.2, -0.15) is 16.8 Å². The Morgan fingerprint density at radius 1 is 0.818 bits per heavy atom. The highest BCUT2D eigenvalue weighted by Gasteiger charge is 2.13. The van der Waals surface area contributed by atoms with Gasteiger partial charge in [0.25, 0.3) is 0 Å². The monoisotopic (exact) mass is 230 g/mol. The fourth-order valence-electron chi connectivity index (χ4n) is 0.0702. The maximum absolute atomic E-state index is 9.51. The van der Waals surface area contributed by atoms with Crippen molar-refractivity contribution in [2.24, 2.45) is 0 Å². The van der Waals surface area contributed by atoms with Gasteiger partial charge < -0.3 is 0 Å². The molecule has 0 bridgehead atoms. The second-order valence-corrected chi connectivity index (χ2v) is 2.97. The van der Waals surface area contributed by atoms with E-state index in [1.807, 2.05) is 0 Å². The van der Waals surface area contributed by atoms with Crippen LogP contribution in [0.5, 0.6) is 0 Å². The minimum absolute atomic E-state index is 0. The summed E-state index contributed by atoms with van der Waals surface area (Å²) in [5.41, 5.74) is 0. The van der Waals surface area contributed by atoms with Gasteiger partial charge in [-0.05, 0) is 0 Å². The normalized spacial score (nSPS) is 12.2. The fourth-order valence-corrected chi connectivity index (χ4v) is 0.632. The van der Waals surface area contributed by atoms with Crippen LogP contribution in [0.25, 0.3) is 0 Å². The van der Waals surface area contributed by atoms with Crippen molar-refractivity contribution in [3.63, 3.8) is 0 Å². The quantitative estimate of drug-likeness (QED) is 0.358. The van der Waals surface area contributed by atoms with E-state index in [4.69, 9.17) is 9.11 Å². The molecule has 0 aliphatic carbocycles. The number of rotatable bonds is 3. The highest BCUT2D eigenvalue weighted by molar-refractivity contribution is 7.83. The molecule has 0 unspecified atom stereocenters. The van der Waals surface area contributed by atoms with Gasteiger partial charge in [-0.3, -0.25) is 9.11 Å². The van der Waals surface area contributed by atoms with Crippen LogP contribution in [0, 0.1) is 0 Å². The Kier molecular flexibility index (Phi) is 5.14. The molecule has 0 fully saturated rings. The van der Waals surface area contributed by atoms with Crippen molar-refractivity contribution in [3.8, 4) is 0 Å². The summed E-state index contributed by atoms with van der Waals surface area (Å²) in [5.74, 6) is 0. The molecule has 0 aliphatic heterocycles. The van der Waals surface area contributed by atoms with Crippen molar-refractivity contribution in [2.75, 3.05) is 0 Å². The summed E-state index contributed by atoms with van der Waals surface area (Å²) in [7, 11) is -10.0. The molecule has 0 spiro atoms. The van der Waals surface area contributed by atoms with Crippen molar-refractivity contribution in [2.45, 2.75) is 0 Å². The van der Waals surface area contributed by atoms with E-state index in [1.165, 1.54) is 0 Å². The van der Waals surface area contributed by atoms with E-state index in [1.54, 1.807) is 0 Å². The van der Waals surface area contributed by atoms with Crippen LogP contribution in [0.1, 0.15) is 0 Å². The summed E-state index contributed by atoms with van der Waals surface area (Å²) < 4.78 is 58.9. The molecule has 0 atom stereocenters. The molecule has 0 aromatic carbocycles. The lowest BCUT2D eigenvalue weighted by molar-refractivity contribution is -0.105. The lowest BCUT2D eigenvalue weighted by atomic mass is 14.9. The van der Waals surface area contributed by atoms with E-state index in [0.717, 1.165) is 0 Å². The molecule has 0 amide bonds. The lowest BCUT2D eigenvalue weighted by Crippen LogP contribution is -2.10. The molecular formula is H3ClO8S2. The molecule has 70 valence electrons. The molecule has 0 saturated heterocycles. The van der Waals surface area contributed by atoms with Crippen LogP contribution >= 0.6 is 12.4 Å². The Morgan fingerprint density at radius 2 is 1.00 bits per heavy atom. The molecule has 8 nitrogen and oxygen atoms in total. The molecule has 0 aromatic heterocycles. The molecule has 2 N–H and O–H groups in total. The molecule has 11 heteroatoms. The van der Waals surface area contributed by atoms with Gasteiger partial charge in [0.05, 0.1) is 0 Å². The third-order valence-corrected chi connectivity index (χ3v) is 0.766. The Bertz CT molecular complexity index is 248. The van der Waals surface area contributed by atoms with Crippen molar-refractivity contribution >= 4 is 33.2 Å². The van der Waals surface area contributed by atoms with Crippen LogP contribution in [-0.2, 0) is 29.5 Å².